The summed E-state index contributed by atoms with van der Waals surface area (Å²) in [5.74, 6) is -1.15. The molecule has 0 saturated carbocycles. The summed E-state index contributed by atoms with van der Waals surface area (Å²) in [7, 11) is 0. The topological polar surface area (TPSA) is 64.1 Å². The number of aryl methyl sites for hydroxylation is 1. The van der Waals surface area contributed by atoms with E-state index in [1.807, 2.05) is 5.38 Å². The molecule has 1 N–H and O–H groups in total. The van der Waals surface area contributed by atoms with Gasteiger partial charge < -0.3 is 10.0 Å². The first kappa shape index (κ1) is 24.6. The summed E-state index contributed by atoms with van der Waals surface area (Å²) in [5.41, 5.74) is 5.04. The Hall–Kier alpha value is -3.75. The number of carbonyl (C=O) groups excluding carboxylic acids is 1. The molecule has 6 nitrogen and oxygen atoms in total. The van der Waals surface area contributed by atoms with Crippen LogP contribution in [0.1, 0.15) is 27.9 Å². The molecule has 1 fully saturated rings. The Kier molecular flexibility index (Phi) is 6.59. The lowest BCUT2D eigenvalue weighted by Crippen LogP contribution is -2.47. The Morgan fingerprint density at radius 3 is 2.47 bits per heavy atom. The average Bonchev–Trinajstić information content (AvgIpc) is 3.40. The molecule has 2 aliphatic rings. The average molecular weight is 530 g/mol. The van der Waals surface area contributed by atoms with Crippen LogP contribution in [0.5, 0.6) is 0 Å². The van der Waals surface area contributed by atoms with Gasteiger partial charge in [0.1, 0.15) is 5.82 Å². The fraction of sp³-hybridized carbons (Fsp3) is 0.267. The molecule has 0 spiro atoms. The van der Waals surface area contributed by atoms with E-state index in [2.05, 4.69) is 34.1 Å². The number of benzene rings is 3. The molecule has 38 heavy (non-hydrogen) atoms. The minimum atomic E-state index is -0.985. The number of carboxylic acids is 1. The highest BCUT2D eigenvalue weighted by Crippen LogP contribution is 2.36. The highest BCUT2D eigenvalue weighted by Gasteiger charge is 2.26. The summed E-state index contributed by atoms with van der Waals surface area (Å²) in [4.78, 5) is 30.6. The van der Waals surface area contributed by atoms with Crippen molar-refractivity contribution >= 4 is 50.4 Å². The van der Waals surface area contributed by atoms with Gasteiger partial charge in [0.05, 0.1) is 11.3 Å². The van der Waals surface area contributed by atoms with Crippen LogP contribution in [-0.2, 0) is 17.6 Å². The number of thiophene rings is 1. The highest BCUT2D eigenvalue weighted by molar-refractivity contribution is 7.17. The standard InChI is InChI=1S/C30H28FN3O3S/c31-23-18-27(25-10-16-38-28(25)19-23)33-14-12-32(13-15-33)11-9-20-1-2-21-5-8-29(35)34(26(21)17-20)24-6-3-22(4-7-24)30(36)37/h1-4,6-7,10,16-19H,5,8-9,11-15H2,(H,36,37). The maximum atomic E-state index is 14.2. The fourth-order valence-corrected chi connectivity index (χ4v) is 6.32. The summed E-state index contributed by atoms with van der Waals surface area (Å²) in [5, 5.41) is 12.4. The third-order valence-corrected chi connectivity index (χ3v) is 8.43. The van der Waals surface area contributed by atoms with Crippen molar-refractivity contribution in [3.05, 3.63) is 88.6 Å². The minimum Gasteiger partial charge on any atom is -0.478 e. The molecule has 1 aromatic heterocycles. The zero-order valence-electron chi connectivity index (χ0n) is 20.9. The van der Waals surface area contributed by atoms with Crippen LogP contribution >= 0.6 is 11.3 Å². The quantitative estimate of drug-likeness (QED) is 0.347. The van der Waals surface area contributed by atoms with Gasteiger partial charge in [0.15, 0.2) is 0 Å². The van der Waals surface area contributed by atoms with Crippen LogP contribution in [0.4, 0.5) is 21.5 Å². The van der Waals surface area contributed by atoms with Gasteiger partial charge in [-0.1, -0.05) is 12.1 Å². The normalized spacial score (nSPS) is 16.2. The molecule has 0 atom stereocenters. The molecule has 0 bridgehead atoms. The number of halogens is 1. The minimum absolute atomic E-state index is 0.0194. The van der Waals surface area contributed by atoms with Gasteiger partial charge in [-0.3, -0.25) is 14.6 Å². The molecule has 6 rings (SSSR count). The van der Waals surface area contributed by atoms with Gasteiger partial charge in [-0.25, -0.2) is 9.18 Å². The Bertz CT molecular complexity index is 1510. The third kappa shape index (κ3) is 4.77. The smallest absolute Gasteiger partial charge is 0.335 e. The number of fused-ring (bicyclic) bond motifs is 2. The van der Waals surface area contributed by atoms with Crippen LogP contribution < -0.4 is 9.80 Å². The Morgan fingerprint density at radius 2 is 1.71 bits per heavy atom. The molecule has 2 aliphatic heterocycles. The van der Waals surface area contributed by atoms with Gasteiger partial charge >= 0.3 is 5.97 Å². The van der Waals surface area contributed by atoms with Crippen molar-refractivity contribution in [2.75, 3.05) is 42.5 Å². The van der Waals surface area contributed by atoms with Crippen LogP contribution in [0.25, 0.3) is 10.1 Å². The summed E-state index contributed by atoms with van der Waals surface area (Å²) >= 11 is 1.57. The van der Waals surface area contributed by atoms with Crippen molar-refractivity contribution in [1.29, 1.82) is 0 Å². The van der Waals surface area contributed by atoms with E-state index in [1.54, 1.807) is 40.5 Å². The maximum Gasteiger partial charge on any atom is 0.335 e. The second-order valence-corrected chi connectivity index (χ2v) is 10.8. The van der Waals surface area contributed by atoms with E-state index in [0.717, 1.165) is 71.7 Å². The van der Waals surface area contributed by atoms with E-state index in [1.165, 1.54) is 12.1 Å². The van der Waals surface area contributed by atoms with E-state index in [-0.39, 0.29) is 17.3 Å². The Balaban J connectivity index is 1.13. The van der Waals surface area contributed by atoms with Gasteiger partial charge in [-0.15, -0.1) is 11.3 Å². The van der Waals surface area contributed by atoms with Crippen LogP contribution in [0.15, 0.2) is 66.0 Å². The molecule has 1 saturated heterocycles. The summed E-state index contributed by atoms with van der Waals surface area (Å²) in [6.45, 7) is 4.44. The first-order valence-corrected chi connectivity index (χ1v) is 13.8. The summed E-state index contributed by atoms with van der Waals surface area (Å²) in [6, 6.07) is 18.2. The first-order chi connectivity index (χ1) is 18.5. The van der Waals surface area contributed by atoms with Gasteiger partial charge in [-0.2, -0.15) is 0 Å². The van der Waals surface area contributed by atoms with Gasteiger partial charge in [0.25, 0.3) is 0 Å². The van der Waals surface area contributed by atoms with Crippen LogP contribution in [0, 0.1) is 5.82 Å². The number of piperazine rings is 1. The second-order valence-electron chi connectivity index (χ2n) is 9.88. The monoisotopic (exact) mass is 529 g/mol. The van der Waals surface area contributed by atoms with Crippen LogP contribution in [0.3, 0.4) is 0 Å². The molecular formula is C30H28FN3O3S. The zero-order chi connectivity index (χ0) is 26.2. The number of nitrogens with zero attached hydrogens (tertiary/aromatic N) is 3. The van der Waals surface area contributed by atoms with Crippen molar-refractivity contribution in [3.8, 4) is 0 Å². The second kappa shape index (κ2) is 10.2. The molecule has 3 heterocycles. The first-order valence-electron chi connectivity index (χ1n) is 12.9. The van der Waals surface area contributed by atoms with Crippen molar-refractivity contribution in [2.45, 2.75) is 19.3 Å². The van der Waals surface area contributed by atoms with Crippen molar-refractivity contribution in [1.82, 2.24) is 4.90 Å². The molecule has 4 aromatic rings. The van der Waals surface area contributed by atoms with Gasteiger partial charge in [-0.05, 0) is 77.9 Å². The SMILES string of the molecule is O=C(O)c1ccc(N2C(=O)CCc3ccc(CCN4CCN(c5cc(F)cc6sccc56)CC4)cc32)cc1. The molecule has 0 aliphatic carbocycles. The fourth-order valence-electron chi connectivity index (χ4n) is 5.49. The van der Waals surface area contributed by atoms with Gasteiger partial charge in [0.2, 0.25) is 5.91 Å². The highest BCUT2D eigenvalue weighted by atomic mass is 32.1. The molecule has 8 heteroatoms. The van der Waals surface area contributed by atoms with Crippen LogP contribution in [-0.4, -0.2) is 54.6 Å². The number of aromatic carboxylic acids is 1. The Labute approximate surface area is 224 Å². The van der Waals surface area contributed by atoms with Crippen molar-refractivity contribution in [2.24, 2.45) is 0 Å². The molecule has 194 valence electrons. The predicted molar refractivity (Wildman–Crippen MR) is 149 cm³/mol. The number of carbonyl (C=O) groups is 2. The molecule has 1 amide bonds. The van der Waals surface area contributed by atoms with E-state index in [0.29, 0.717) is 18.5 Å². The number of rotatable bonds is 6. The van der Waals surface area contributed by atoms with Crippen molar-refractivity contribution < 1.29 is 19.1 Å². The van der Waals surface area contributed by atoms with E-state index in [4.69, 9.17) is 0 Å². The number of anilines is 3. The third-order valence-electron chi connectivity index (χ3n) is 7.57. The largest absolute Gasteiger partial charge is 0.478 e. The van der Waals surface area contributed by atoms with E-state index < -0.39 is 5.97 Å². The number of carboxylic acid groups (broad SMARTS) is 1. The van der Waals surface area contributed by atoms with E-state index >= 15 is 0 Å². The molecule has 3 aromatic carbocycles. The lowest BCUT2D eigenvalue weighted by atomic mass is 9.97. The lowest BCUT2D eigenvalue weighted by molar-refractivity contribution is -0.118. The van der Waals surface area contributed by atoms with E-state index in [9.17, 15) is 19.1 Å². The van der Waals surface area contributed by atoms with Gasteiger partial charge in [0, 0.05) is 60.6 Å². The predicted octanol–water partition coefficient (Wildman–Crippen LogP) is 5.71. The lowest BCUT2D eigenvalue weighted by Gasteiger charge is -2.36. The summed E-state index contributed by atoms with van der Waals surface area (Å²) < 4.78 is 15.2. The maximum absolute atomic E-state index is 14.2. The number of hydrogen-bond acceptors (Lipinski definition) is 5. The Morgan fingerprint density at radius 1 is 0.921 bits per heavy atom. The molecule has 0 radical (unpaired) electrons. The molecule has 0 unspecified atom stereocenters. The zero-order valence-corrected chi connectivity index (χ0v) is 21.7. The van der Waals surface area contributed by atoms with Crippen LogP contribution in [0.2, 0.25) is 0 Å². The number of amides is 1. The van der Waals surface area contributed by atoms with Crippen molar-refractivity contribution in [3.63, 3.8) is 0 Å². The summed E-state index contributed by atoms with van der Waals surface area (Å²) in [6.07, 6.45) is 2.00. The molecular weight excluding hydrogens is 501 g/mol. The number of hydrogen-bond donors (Lipinski definition) is 1.